The van der Waals surface area contributed by atoms with Crippen LogP contribution in [0.4, 0.5) is 11.4 Å². The number of pyridine rings is 1. The van der Waals surface area contributed by atoms with Crippen molar-refractivity contribution in [1.82, 2.24) is 4.98 Å². The minimum atomic E-state index is 1.11. The van der Waals surface area contributed by atoms with E-state index in [0.29, 0.717) is 0 Å². The van der Waals surface area contributed by atoms with Crippen LogP contribution in [0.2, 0.25) is 0 Å². The first-order valence-corrected chi connectivity index (χ1v) is 13.0. The topological polar surface area (TPSA) is 19.4 Å². The lowest BCUT2D eigenvalue weighted by atomic mass is 10.1. The smallest absolute Gasteiger partial charge is 0.0730 e. The van der Waals surface area contributed by atoms with Crippen molar-refractivity contribution in [3.8, 4) is 0 Å². The van der Waals surface area contributed by atoms with Crippen molar-refractivity contribution in [2.75, 3.05) is 36.0 Å². The molecule has 0 spiro atoms. The second kappa shape index (κ2) is 12.7. The molecule has 0 N–H and O–H groups in total. The maximum Gasteiger partial charge on any atom is 0.0730 e. The summed E-state index contributed by atoms with van der Waals surface area (Å²) in [4.78, 5) is 10.2. The molecule has 0 aliphatic carbocycles. The van der Waals surface area contributed by atoms with Crippen LogP contribution in [0.1, 0.15) is 79.1 Å². The van der Waals surface area contributed by atoms with E-state index in [2.05, 4.69) is 80.0 Å². The maximum atomic E-state index is 5.13. The summed E-state index contributed by atoms with van der Waals surface area (Å²) >= 11 is 0. The summed E-state index contributed by atoms with van der Waals surface area (Å²) in [6.45, 7) is 13.6. The summed E-state index contributed by atoms with van der Waals surface area (Å²) < 4.78 is 0. The Balaban J connectivity index is 1.94. The van der Waals surface area contributed by atoms with E-state index >= 15 is 0 Å². The van der Waals surface area contributed by atoms with Gasteiger partial charge < -0.3 is 9.80 Å². The largest absolute Gasteiger partial charge is 0.371 e. The maximum absolute atomic E-state index is 5.13. The number of unbranched alkanes of at least 4 members (excludes halogenated alkanes) is 4. The number of hydrogen-bond donors (Lipinski definition) is 0. The fraction of sp³-hybridized carbons (Fsp3) is 0.552. The molecule has 3 rings (SSSR count). The van der Waals surface area contributed by atoms with Crippen LogP contribution >= 0.6 is 0 Å². The van der Waals surface area contributed by atoms with Gasteiger partial charge in [-0.15, -0.1) is 0 Å². The van der Waals surface area contributed by atoms with Gasteiger partial charge in [0.25, 0.3) is 0 Å². The van der Waals surface area contributed by atoms with E-state index in [9.17, 15) is 0 Å². The van der Waals surface area contributed by atoms with Crippen LogP contribution in [0, 0.1) is 0 Å². The van der Waals surface area contributed by atoms with Crippen LogP contribution in [0.15, 0.2) is 42.5 Å². The number of anilines is 2. The molecule has 0 bridgehead atoms. The van der Waals surface area contributed by atoms with Crippen molar-refractivity contribution in [3.63, 3.8) is 0 Å². The number of fused-ring (bicyclic) bond motifs is 2. The Kier molecular flexibility index (Phi) is 9.64. The van der Waals surface area contributed by atoms with E-state index in [1.807, 2.05) is 0 Å². The molecule has 3 nitrogen and oxygen atoms in total. The third-order valence-corrected chi connectivity index (χ3v) is 6.44. The molecule has 0 radical (unpaired) electrons. The highest BCUT2D eigenvalue weighted by atomic mass is 15.1. The number of benzene rings is 2. The zero-order valence-electron chi connectivity index (χ0n) is 20.9. The van der Waals surface area contributed by atoms with Gasteiger partial charge in [-0.25, -0.2) is 4.98 Å². The third-order valence-electron chi connectivity index (χ3n) is 6.44. The van der Waals surface area contributed by atoms with Gasteiger partial charge in [-0.1, -0.05) is 65.5 Å². The monoisotopic (exact) mass is 433 g/mol. The number of rotatable bonds is 14. The van der Waals surface area contributed by atoms with Gasteiger partial charge in [-0.05, 0) is 56.0 Å². The molecule has 32 heavy (non-hydrogen) atoms. The summed E-state index contributed by atoms with van der Waals surface area (Å²) in [5, 5.41) is 2.46. The molecule has 1 aromatic heterocycles. The zero-order valence-corrected chi connectivity index (χ0v) is 20.9. The van der Waals surface area contributed by atoms with Crippen LogP contribution in [0.25, 0.3) is 21.8 Å². The van der Waals surface area contributed by atoms with Crippen molar-refractivity contribution in [1.29, 1.82) is 0 Å². The van der Waals surface area contributed by atoms with Gasteiger partial charge >= 0.3 is 0 Å². The highest BCUT2D eigenvalue weighted by Crippen LogP contribution is 2.28. The van der Waals surface area contributed by atoms with Gasteiger partial charge in [0.2, 0.25) is 0 Å². The fourth-order valence-corrected chi connectivity index (χ4v) is 4.33. The lowest BCUT2D eigenvalue weighted by molar-refractivity contribution is 0.678. The summed E-state index contributed by atoms with van der Waals surface area (Å²) in [6.07, 6.45) is 9.87. The van der Waals surface area contributed by atoms with Crippen molar-refractivity contribution >= 4 is 33.2 Å². The van der Waals surface area contributed by atoms with Gasteiger partial charge in [-0.2, -0.15) is 0 Å². The van der Waals surface area contributed by atoms with E-state index in [1.165, 1.54) is 73.5 Å². The summed E-state index contributed by atoms with van der Waals surface area (Å²) in [5.74, 6) is 0. The average Bonchev–Trinajstić information content (AvgIpc) is 2.82. The molecule has 0 fully saturated rings. The molecule has 0 saturated heterocycles. The molecule has 0 aliphatic heterocycles. The van der Waals surface area contributed by atoms with E-state index in [-0.39, 0.29) is 0 Å². The quantitative estimate of drug-likeness (QED) is 0.239. The normalized spacial score (nSPS) is 11.4. The van der Waals surface area contributed by atoms with E-state index < -0.39 is 0 Å². The van der Waals surface area contributed by atoms with Crippen molar-refractivity contribution in [3.05, 3.63) is 42.5 Å². The van der Waals surface area contributed by atoms with E-state index in [1.54, 1.807) is 0 Å². The van der Waals surface area contributed by atoms with Crippen LogP contribution in [0.3, 0.4) is 0 Å². The molecule has 0 saturated carbocycles. The molecule has 174 valence electrons. The highest BCUT2D eigenvalue weighted by molar-refractivity contribution is 5.95. The zero-order chi connectivity index (χ0) is 22.8. The first kappa shape index (κ1) is 24.4. The van der Waals surface area contributed by atoms with E-state index in [4.69, 9.17) is 4.98 Å². The van der Waals surface area contributed by atoms with Gasteiger partial charge in [0.15, 0.2) is 0 Å². The van der Waals surface area contributed by atoms with Crippen molar-refractivity contribution in [2.24, 2.45) is 0 Å². The molecular formula is C29H43N3. The van der Waals surface area contributed by atoms with Gasteiger partial charge in [0.05, 0.1) is 11.0 Å². The van der Waals surface area contributed by atoms with Gasteiger partial charge in [-0.3, -0.25) is 0 Å². The first-order chi connectivity index (χ1) is 15.7. The Labute approximate surface area is 195 Å². The number of hydrogen-bond acceptors (Lipinski definition) is 3. The second-order valence-corrected chi connectivity index (χ2v) is 9.13. The van der Waals surface area contributed by atoms with E-state index in [0.717, 1.165) is 37.2 Å². The Morgan fingerprint density at radius 1 is 0.531 bits per heavy atom. The molecule has 0 aliphatic rings. The number of aromatic nitrogens is 1. The Bertz CT molecular complexity index is 874. The standard InChI is InChI=1S/C29H43N3/c1-5-9-17-31(18-10-6-2)26-15-13-24-21-25-14-16-27(23-29(25)30-28(24)22-26)32(19-11-7-3)20-12-8-4/h13-16,21-23H,5-12,17-20H2,1-4H3. The molecule has 0 amide bonds. The molecule has 2 aromatic carbocycles. The average molecular weight is 434 g/mol. The van der Waals surface area contributed by atoms with Gasteiger partial charge in [0, 0.05) is 48.3 Å². The predicted molar refractivity (Wildman–Crippen MR) is 143 cm³/mol. The van der Waals surface area contributed by atoms with Crippen LogP contribution in [-0.2, 0) is 0 Å². The molecular weight excluding hydrogens is 390 g/mol. The Morgan fingerprint density at radius 3 is 1.25 bits per heavy atom. The summed E-state index contributed by atoms with van der Waals surface area (Å²) in [5.41, 5.74) is 4.85. The minimum absolute atomic E-state index is 1.11. The lowest BCUT2D eigenvalue weighted by Crippen LogP contribution is -2.25. The molecule has 0 atom stereocenters. The summed E-state index contributed by atoms with van der Waals surface area (Å²) in [6, 6.07) is 16.0. The molecule has 3 heteroatoms. The SMILES string of the molecule is CCCCN(CCCC)c1ccc2cc3ccc(N(CCCC)CCCC)cc3nc2c1. The van der Waals surface area contributed by atoms with Gasteiger partial charge in [0.1, 0.15) is 0 Å². The Morgan fingerprint density at radius 2 is 0.906 bits per heavy atom. The van der Waals surface area contributed by atoms with Crippen LogP contribution in [0.5, 0.6) is 0 Å². The highest BCUT2D eigenvalue weighted by Gasteiger charge is 2.10. The lowest BCUT2D eigenvalue weighted by Gasteiger charge is -2.25. The first-order valence-electron chi connectivity index (χ1n) is 13.0. The number of nitrogens with zero attached hydrogens (tertiary/aromatic N) is 3. The van der Waals surface area contributed by atoms with Crippen LogP contribution < -0.4 is 9.80 Å². The molecule has 1 heterocycles. The minimum Gasteiger partial charge on any atom is -0.371 e. The van der Waals surface area contributed by atoms with Crippen molar-refractivity contribution in [2.45, 2.75) is 79.1 Å². The second-order valence-electron chi connectivity index (χ2n) is 9.13. The fourth-order valence-electron chi connectivity index (χ4n) is 4.33. The van der Waals surface area contributed by atoms with Crippen LogP contribution in [-0.4, -0.2) is 31.2 Å². The molecule has 3 aromatic rings. The molecule has 0 unspecified atom stereocenters. The Hall–Kier alpha value is -2.29. The third kappa shape index (κ3) is 6.37. The predicted octanol–water partition coefficient (Wildman–Crippen LogP) is 8.20. The summed E-state index contributed by atoms with van der Waals surface area (Å²) in [7, 11) is 0. The van der Waals surface area contributed by atoms with Crippen molar-refractivity contribution < 1.29 is 0 Å².